The number of nitrogens with one attached hydrogen (secondary N) is 1. The Balaban J connectivity index is 2.18. The Morgan fingerprint density at radius 3 is 1.80 bits per heavy atom. The lowest BCUT2D eigenvalue weighted by molar-refractivity contribution is -0.315. The highest BCUT2D eigenvalue weighted by molar-refractivity contribution is 6.30. The molecule has 0 saturated heterocycles. The number of halogens is 2. The molecule has 6 heteroatoms. The van der Waals surface area contributed by atoms with Crippen LogP contribution in [0.2, 0.25) is 10.0 Å². The summed E-state index contributed by atoms with van der Waals surface area (Å²) in [5, 5.41) is 18.5. The van der Waals surface area contributed by atoms with Crippen LogP contribution in [-0.2, 0) is 16.9 Å². The van der Waals surface area contributed by atoms with Gasteiger partial charge in [-0.15, -0.1) is 0 Å². The zero-order chi connectivity index (χ0) is 18.0. The van der Waals surface area contributed by atoms with E-state index in [4.69, 9.17) is 28.1 Å². The third-order valence-electron chi connectivity index (χ3n) is 4.48. The van der Waals surface area contributed by atoms with E-state index in [1.165, 1.54) is 0 Å². The van der Waals surface area contributed by atoms with Crippen molar-refractivity contribution >= 4 is 23.2 Å². The van der Waals surface area contributed by atoms with Crippen molar-refractivity contribution in [1.82, 2.24) is 10.2 Å². The fraction of sp³-hybridized carbons (Fsp3) is 0.211. The van der Waals surface area contributed by atoms with Crippen molar-refractivity contribution < 1.29 is 10.1 Å². The Bertz CT molecular complexity index is 793. The normalized spacial score (nSPS) is 11.7. The molecule has 4 nitrogen and oxygen atoms in total. The third-order valence-corrected chi connectivity index (χ3v) is 4.99. The van der Waals surface area contributed by atoms with Crippen LogP contribution in [-0.4, -0.2) is 15.5 Å². The zero-order valence-electron chi connectivity index (χ0n) is 13.9. The number of benzene rings is 2. The van der Waals surface area contributed by atoms with Crippen molar-refractivity contribution in [2.24, 2.45) is 0 Å². The average molecular weight is 377 g/mol. The minimum absolute atomic E-state index is 0.404. The molecule has 0 atom stereocenters. The number of nitrogens with zero attached hydrogens (tertiary/aromatic N) is 1. The molecular weight excluding hydrogens is 359 g/mol. The van der Waals surface area contributed by atoms with Crippen LogP contribution in [0, 0.1) is 13.8 Å². The summed E-state index contributed by atoms with van der Waals surface area (Å²) in [6.45, 7) is 3.87. The summed E-state index contributed by atoms with van der Waals surface area (Å²) in [5.74, 6) is 0. The molecule has 130 valence electrons. The van der Waals surface area contributed by atoms with Gasteiger partial charge in [-0.2, -0.15) is 5.10 Å². The second-order valence-electron chi connectivity index (χ2n) is 6.02. The highest BCUT2D eigenvalue weighted by atomic mass is 35.5. The Hall–Kier alpha value is -1.85. The summed E-state index contributed by atoms with van der Waals surface area (Å²) in [7, 11) is 0. The van der Waals surface area contributed by atoms with Crippen LogP contribution in [0.3, 0.4) is 0 Å². The van der Waals surface area contributed by atoms with Crippen molar-refractivity contribution in [2.75, 3.05) is 0 Å². The maximum Gasteiger partial charge on any atom is 0.157 e. The Labute approximate surface area is 156 Å². The number of aromatic nitrogens is 2. The molecule has 0 aliphatic heterocycles. The maximum absolute atomic E-state index is 10.0. The molecule has 0 saturated carbocycles. The van der Waals surface area contributed by atoms with Crippen LogP contribution in [0.5, 0.6) is 0 Å². The zero-order valence-corrected chi connectivity index (χ0v) is 15.4. The lowest BCUT2D eigenvalue weighted by atomic mass is 9.81. The van der Waals surface area contributed by atoms with Gasteiger partial charge in [-0.1, -0.05) is 47.5 Å². The van der Waals surface area contributed by atoms with E-state index in [9.17, 15) is 5.26 Å². The highest BCUT2D eigenvalue weighted by Gasteiger charge is 2.38. The number of H-pyrrole nitrogens is 1. The summed E-state index contributed by atoms with van der Waals surface area (Å²) in [6, 6.07) is 14.5. The van der Waals surface area contributed by atoms with Crippen molar-refractivity contribution in [1.29, 1.82) is 0 Å². The van der Waals surface area contributed by atoms with E-state index in [-0.39, 0.29) is 0 Å². The molecule has 0 aliphatic carbocycles. The Morgan fingerprint density at radius 1 is 0.960 bits per heavy atom. The predicted octanol–water partition coefficient (Wildman–Crippen LogP) is 5.31. The van der Waals surface area contributed by atoms with Crippen molar-refractivity contribution in [3.8, 4) is 0 Å². The second kappa shape index (κ2) is 7.18. The van der Waals surface area contributed by atoms with Gasteiger partial charge in [0.1, 0.15) is 0 Å². The summed E-state index contributed by atoms with van der Waals surface area (Å²) in [4.78, 5) is 5.15. The minimum atomic E-state index is -1.10. The first-order valence-electron chi connectivity index (χ1n) is 7.81. The molecule has 1 aromatic heterocycles. The summed E-state index contributed by atoms with van der Waals surface area (Å²) in [5.41, 5.74) is 3.24. The average Bonchev–Trinajstić information content (AvgIpc) is 2.93. The molecule has 3 rings (SSSR count). The summed E-state index contributed by atoms with van der Waals surface area (Å²) < 4.78 is 0. The smallest absolute Gasteiger partial charge is 0.157 e. The van der Waals surface area contributed by atoms with Gasteiger partial charge in [-0.05, 0) is 54.8 Å². The molecular formula is C19H18Cl2N2O2. The molecule has 1 heterocycles. The molecule has 0 amide bonds. The highest BCUT2D eigenvalue weighted by Crippen LogP contribution is 2.38. The topological polar surface area (TPSA) is 58.1 Å². The molecule has 2 aromatic carbocycles. The molecule has 0 aliphatic rings. The van der Waals surface area contributed by atoms with E-state index in [2.05, 4.69) is 10.2 Å². The molecule has 2 N–H and O–H groups in total. The molecule has 0 fully saturated rings. The molecule has 25 heavy (non-hydrogen) atoms. The Kier molecular flexibility index (Phi) is 5.16. The van der Waals surface area contributed by atoms with Crippen LogP contribution in [0.15, 0.2) is 48.5 Å². The van der Waals surface area contributed by atoms with Crippen LogP contribution >= 0.6 is 23.2 Å². The lowest BCUT2D eigenvalue weighted by Gasteiger charge is -2.32. The van der Waals surface area contributed by atoms with Gasteiger partial charge in [-0.25, -0.2) is 4.89 Å². The molecule has 0 unspecified atom stereocenters. The van der Waals surface area contributed by atoms with Crippen molar-refractivity contribution in [3.05, 3.63) is 86.7 Å². The van der Waals surface area contributed by atoms with Crippen LogP contribution in [0.25, 0.3) is 0 Å². The summed E-state index contributed by atoms with van der Waals surface area (Å²) in [6.07, 6.45) is 0.404. The van der Waals surface area contributed by atoms with Gasteiger partial charge in [0.15, 0.2) is 5.60 Å². The van der Waals surface area contributed by atoms with Gasteiger partial charge in [-0.3, -0.25) is 10.4 Å². The van der Waals surface area contributed by atoms with E-state index >= 15 is 0 Å². The summed E-state index contributed by atoms with van der Waals surface area (Å²) >= 11 is 12.1. The quantitative estimate of drug-likeness (QED) is 0.468. The SMILES string of the molecule is Cc1n[nH]c(C)c1CC(OO)(c1ccc(Cl)cc1)c1ccc(Cl)cc1. The molecule has 0 spiro atoms. The largest absolute Gasteiger partial charge is 0.282 e. The molecule has 0 radical (unpaired) electrons. The minimum Gasteiger partial charge on any atom is -0.282 e. The first-order chi connectivity index (χ1) is 12.0. The number of rotatable bonds is 5. The fourth-order valence-electron chi connectivity index (χ4n) is 3.03. The van der Waals surface area contributed by atoms with E-state index in [1.54, 1.807) is 24.3 Å². The van der Waals surface area contributed by atoms with Crippen LogP contribution < -0.4 is 0 Å². The van der Waals surface area contributed by atoms with Gasteiger partial charge < -0.3 is 0 Å². The van der Waals surface area contributed by atoms with Gasteiger partial charge in [0, 0.05) is 22.2 Å². The molecule has 0 bridgehead atoms. The number of hydrogen-bond donors (Lipinski definition) is 2. The van der Waals surface area contributed by atoms with E-state index < -0.39 is 5.60 Å². The van der Waals surface area contributed by atoms with Crippen molar-refractivity contribution in [2.45, 2.75) is 25.9 Å². The van der Waals surface area contributed by atoms with Gasteiger partial charge >= 0.3 is 0 Å². The van der Waals surface area contributed by atoms with E-state index in [1.807, 2.05) is 38.1 Å². The van der Waals surface area contributed by atoms with Gasteiger partial charge in [0.25, 0.3) is 0 Å². The van der Waals surface area contributed by atoms with Gasteiger partial charge in [0.05, 0.1) is 5.69 Å². The van der Waals surface area contributed by atoms with Crippen LogP contribution in [0.4, 0.5) is 0 Å². The first-order valence-corrected chi connectivity index (χ1v) is 8.57. The van der Waals surface area contributed by atoms with E-state index in [0.29, 0.717) is 16.5 Å². The fourth-order valence-corrected chi connectivity index (χ4v) is 3.28. The van der Waals surface area contributed by atoms with Crippen molar-refractivity contribution in [3.63, 3.8) is 0 Å². The second-order valence-corrected chi connectivity index (χ2v) is 6.89. The first kappa shape index (κ1) is 18.0. The van der Waals surface area contributed by atoms with Gasteiger partial charge in [0.2, 0.25) is 0 Å². The van der Waals surface area contributed by atoms with Crippen LogP contribution in [0.1, 0.15) is 28.1 Å². The Morgan fingerprint density at radius 2 is 1.44 bits per heavy atom. The van der Waals surface area contributed by atoms with E-state index in [0.717, 1.165) is 28.1 Å². The lowest BCUT2D eigenvalue weighted by Crippen LogP contribution is -2.33. The maximum atomic E-state index is 10.0. The molecule has 3 aromatic rings. The predicted molar refractivity (Wildman–Crippen MR) is 99.2 cm³/mol. The number of aromatic amines is 1. The third kappa shape index (κ3) is 3.44. The number of aryl methyl sites for hydroxylation is 2. The standard InChI is InChI=1S/C19H18Cl2N2O2/c1-12-18(13(2)23-22-12)11-19(25-24,14-3-7-16(20)8-4-14)15-5-9-17(21)10-6-15/h3-10,24H,11H2,1-2H3,(H,22,23). The monoisotopic (exact) mass is 376 g/mol. The number of hydrogen-bond acceptors (Lipinski definition) is 3.